The van der Waals surface area contributed by atoms with E-state index in [-0.39, 0.29) is 17.9 Å². The molecule has 2 atom stereocenters. The van der Waals surface area contributed by atoms with Crippen molar-refractivity contribution in [2.45, 2.75) is 32.2 Å². The van der Waals surface area contributed by atoms with E-state index in [0.717, 1.165) is 32.8 Å². The monoisotopic (exact) mass is 457 g/mol. The molecule has 0 aromatic rings. The standard InChI is InChI=1S/C11H23N3O2.2C2HF3O2/c1-9(10(2)12)11(15)13-3-4-14-5-7-16-8-6-14;2*3-2(4,5)1(6)7/h9-10H,3-8,12H2,1-2H3,(H,13,15);2*(H,6,7). The molecule has 15 heteroatoms. The first-order valence-corrected chi connectivity index (χ1v) is 8.43. The highest BCUT2D eigenvalue weighted by Gasteiger charge is 2.38. The molecule has 1 fully saturated rings. The number of ether oxygens (including phenoxy) is 1. The lowest BCUT2D eigenvalue weighted by Gasteiger charge is -2.26. The van der Waals surface area contributed by atoms with Gasteiger partial charge < -0.3 is 26.0 Å². The maximum Gasteiger partial charge on any atom is 0.490 e. The van der Waals surface area contributed by atoms with E-state index < -0.39 is 24.3 Å². The quantitative estimate of drug-likeness (QED) is 0.442. The third kappa shape index (κ3) is 15.8. The zero-order valence-electron chi connectivity index (χ0n) is 16.2. The maximum atomic E-state index is 11.6. The van der Waals surface area contributed by atoms with E-state index in [9.17, 15) is 31.1 Å². The Labute approximate surface area is 168 Å². The Kier molecular flexibility index (Phi) is 14.0. The van der Waals surface area contributed by atoms with Gasteiger partial charge in [0.25, 0.3) is 0 Å². The Bertz CT molecular complexity index is 512. The number of carbonyl (C=O) groups is 3. The normalized spacial score (nSPS) is 16.7. The second kappa shape index (κ2) is 14.0. The summed E-state index contributed by atoms with van der Waals surface area (Å²) in [5.41, 5.74) is 5.66. The van der Waals surface area contributed by atoms with Gasteiger partial charge in [0.05, 0.1) is 13.2 Å². The van der Waals surface area contributed by atoms with E-state index in [0.29, 0.717) is 6.54 Å². The summed E-state index contributed by atoms with van der Waals surface area (Å²) in [6.07, 6.45) is -10.2. The van der Waals surface area contributed by atoms with E-state index in [1.807, 2.05) is 13.8 Å². The van der Waals surface area contributed by atoms with Gasteiger partial charge in [-0.15, -0.1) is 0 Å². The van der Waals surface area contributed by atoms with E-state index >= 15 is 0 Å². The Morgan fingerprint density at radius 1 is 1.00 bits per heavy atom. The number of carboxylic acid groups (broad SMARTS) is 2. The highest BCUT2D eigenvalue weighted by atomic mass is 19.4. The number of nitrogens with one attached hydrogen (secondary N) is 1. The molecule has 0 aliphatic carbocycles. The van der Waals surface area contributed by atoms with Crippen LogP contribution in [0.15, 0.2) is 0 Å². The van der Waals surface area contributed by atoms with E-state index in [4.69, 9.17) is 30.3 Å². The van der Waals surface area contributed by atoms with E-state index in [2.05, 4.69) is 10.2 Å². The molecule has 0 saturated carbocycles. The molecule has 0 bridgehead atoms. The number of carbonyl (C=O) groups excluding carboxylic acids is 1. The Morgan fingerprint density at radius 2 is 1.37 bits per heavy atom. The predicted molar refractivity (Wildman–Crippen MR) is 90.5 cm³/mol. The van der Waals surface area contributed by atoms with Gasteiger partial charge in [0.2, 0.25) is 5.91 Å². The molecule has 1 rings (SSSR count). The summed E-state index contributed by atoms with van der Waals surface area (Å²) in [5, 5.41) is 17.2. The van der Waals surface area contributed by atoms with Crippen LogP contribution in [0, 0.1) is 5.92 Å². The number of hydrogen-bond acceptors (Lipinski definition) is 6. The highest BCUT2D eigenvalue weighted by molar-refractivity contribution is 5.78. The molecule has 1 aliphatic heterocycles. The molecule has 0 radical (unpaired) electrons. The van der Waals surface area contributed by atoms with Crippen LogP contribution in [-0.4, -0.2) is 90.7 Å². The van der Waals surface area contributed by atoms with Gasteiger partial charge in [0.1, 0.15) is 0 Å². The van der Waals surface area contributed by atoms with Crippen molar-refractivity contribution in [2.24, 2.45) is 11.7 Å². The van der Waals surface area contributed by atoms with Crippen LogP contribution < -0.4 is 11.1 Å². The lowest BCUT2D eigenvalue weighted by Crippen LogP contribution is -2.44. The molecule has 2 unspecified atom stereocenters. The molecule has 0 aromatic heterocycles. The molecule has 1 amide bonds. The minimum atomic E-state index is -5.08. The zero-order valence-corrected chi connectivity index (χ0v) is 16.2. The number of carboxylic acids is 2. The summed E-state index contributed by atoms with van der Waals surface area (Å²) in [7, 11) is 0. The van der Waals surface area contributed by atoms with E-state index in [1.165, 1.54) is 0 Å². The van der Waals surface area contributed by atoms with Crippen molar-refractivity contribution in [3.8, 4) is 0 Å². The number of halogens is 6. The molecular formula is C15H25F6N3O6. The number of aliphatic carboxylic acids is 2. The summed E-state index contributed by atoms with van der Waals surface area (Å²) >= 11 is 0. The maximum absolute atomic E-state index is 11.6. The van der Waals surface area contributed by atoms with Crippen LogP contribution in [0.25, 0.3) is 0 Å². The highest BCUT2D eigenvalue weighted by Crippen LogP contribution is 2.13. The van der Waals surface area contributed by atoms with Crippen LogP contribution in [0.5, 0.6) is 0 Å². The first kappa shape index (κ1) is 30.1. The van der Waals surface area contributed by atoms with Crippen molar-refractivity contribution in [2.75, 3.05) is 39.4 Å². The number of nitrogens with zero attached hydrogens (tertiary/aromatic N) is 1. The summed E-state index contributed by atoms with van der Waals surface area (Å²) in [4.78, 5) is 31.7. The fourth-order valence-corrected chi connectivity index (χ4v) is 1.56. The average molecular weight is 457 g/mol. The fourth-order valence-electron chi connectivity index (χ4n) is 1.56. The molecule has 0 spiro atoms. The van der Waals surface area contributed by atoms with Gasteiger partial charge in [-0.2, -0.15) is 26.3 Å². The lowest BCUT2D eigenvalue weighted by molar-refractivity contribution is -0.193. The minimum absolute atomic E-state index is 0.0447. The van der Waals surface area contributed by atoms with Gasteiger partial charge in [0.15, 0.2) is 0 Å². The minimum Gasteiger partial charge on any atom is -0.475 e. The van der Waals surface area contributed by atoms with Gasteiger partial charge in [-0.05, 0) is 6.92 Å². The Balaban J connectivity index is 0. The lowest BCUT2D eigenvalue weighted by atomic mass is 10.0. The van der Waals surface area contributed by atoms with Crippen molar-refractivity contribution in [3.05, 3.63) is 0 Å². The topological polar surface area (TPSA) is 142 Å². The van der Waals surface area contributed by atoms with Crippen molar-refractivity contribution >= 4 is 17.8 Å². The van der Waals surface area contributed by atoms with Crippen LogP contribution in [-0.2, 0) is 19.1 Å². The summed E-state index contributed by atoms with van der Waals surface area (Å²) in [5.74, 6) is -5.59. The Hall–Kier alpha value is -2.13. The van der Waals surface area contributed by atoms with Crippen LogP contribution >= 0.6 is 0 Å². The number of hydrogen-bond donors (Lipinski definition) is 4. The molecule has 1 aliphatic rings. The smallest absolute Gasteiger partial charge is 0.475 e. The number of amides is 1. The summed E-state index contributed by atoms with van der Waals surface area (Å²) in [6.45, 7) is 8.80. The SMILES string of the molecule is CC(N)C(C)C(=O)NCCN1CCOCC1.O=C(O)C(F)(F)F.O=C(O)C(F)(F)F. The molecule has 30 heavy (non-hydrogen) atoms. The van der Waals surface area contributed by atoms with Crippen LogP contribution in [0.2, 0.25) is 0 Å². The average Bonchev–Trinajstić information content (AvgIpc) is 2.61. The summed E-state index contributed by atoms with van der Waals surface area (Å²) in [6, 6.07) is -0.0941. The largest absolute Gasteiger partial charge is 0.490 e. The fraction of sp³-hybridized carbons (Fsp3) is 0.800. The van der Waals surface area contributed by atoms with Gasteiger partial charge in [-0.25, -0.2) is 9.59 Å². The van der Waals surface area contributed by atoms with Gasteiger partial charge in [-0.1, -0.05) is 6.92 Å². The zero-order chi connectivity index (χ0) is 24.1. The first-order chi connectivity index (χ1) is 13.5. The second-order valence-electron chi connectivity index (χ2n) is 6.00. The van der Waals surface area contributed by atoms with Crippen LogP contribution in [0.1, 0.15) is 13.8 Å². The molecule has 5 N–H and O–H groups in total. The van der Waals surface area contributed by atoms with Gasteiger partial charge in [-0.3, -0.25) is 9.69 Å². The van der Waals surface area contributed by atoms with Crippen molar-refractivity contribution in [3.63, 3.8) is 0 Å². The van der Waals surface area contributed by atoms with Crippen LogP contribution in [0.4, 0.5) is 26.3 Å². The van der Waals surface area contributed by atoms with Gasteiger partial charge >= 0.3 is 24.3 Å². The summed E-state index contributed by atoms with van der Waals surface area (Å²) < 4.78 is 68.7. The number of morpholine rings is 1. The van der Waals surface area contributed by atoms with Crippen molar-refractivity contribution in [1.82, 2.24) is 10.2 Å². The van der Waals surface area contributed by atoms with Crippen LogP contribution in [0.3, 0.4) is 0 Å². The molecular weight excluding hydrogens is 432 g/mol. The number of alkyl halides is 6. The molecule has 1 heterocycles. The van der Waals surface area contributed by atoms with E-state index in [1.54, 1.807) is 0 Å². The second-order valence-corrected chi connectivity index (χ2v) is 6.00. The van der Waals surface area contributed by atoms with Crippen molar-refractivity contribution < 1.29 is 55.7 Å². The third-order valence-electron chi connectivity index (χ3n) is 3.52. The Morgan fingerprint density at radius 3 is 1.67 bits per heavy atom. The molecule has 1 saturated heterocycles. The predicted octanol–water partition coefficient (Wildman–Crippen LogP) is 0.685. The first-order valence-electron chi connectivity index (χ1n) is 8.43. The third-order valence-corrected chi connectivity index (χ3v) is 3.52. The van der Waals surface area contributed by atoms with Crippen molar-refractivity contribution in [1.29, 1.82) is 0 Å². The number of nitrogens with two attached hydrogens (primary N) is 1. The molecule has 0 aromatic carbocycles. The number of rotatable bonds is 5. The van der Waals surface area contributed by atoms with Gasteiger partial charge in [0, 0.05) is 38.1 Å². The molecule has 9 nitrogen and oxygen atoms in total. The molecule has 178 valence electrons.